The molecule has 1 saturated heterocycles. The lowest BCUT2D eigenvalue weighted by atomic mass is 10.1. The Hall–Kier alpha value is -3.29. The van der Waals surface area contributed by atoms with E-state index in [-0.39, 0.29) is 5.91 Å². The fourth-order valence-electron chi connectivity index (χ4n) is 3.76. The van der Waals surface area contributed by atoms with E-state index in [1.807, 2.05) is 23.1 Å². The van der Waals surface area contributed by atoms with Crippen LogP contribution in [0.5, 0.6) is 0 Å². The molecule has 0 spiro atoms. The topological polar surface area (TPSA) is 67.2 Å². The summed E-state index contributed by atoms with van der Waals surface area (Å²) < 4.78 is 15.3. The van der Waals surface area contributed by atoms with E-state index in [9.17, 15) is 9.18 Å². The molecule has 0 saturated carbocycles. The number of carbonyl (C=O) groups excluding carboxylic acids is 1. The van der Waals surface area contributed by atoms with Gasteiger partial charge in [-0.25, -0.2) is 14.1 Å². The summed E-state index contributed by atoms with van der Waals surface area (Å²) in [5.41, 5.74) is 2.85. The van der Waals surface area contributed by atoms with Crippen LogP contribution in [0.3, 0.4) is 0 Å². The van der Waals surface area contributed by atoms with Crippen molar-refractivity contribution in [2.75, 3.05) is 22.9 Å². The Labute approximate surface area is 161 Å². The van der Waals surface area contributed by atoms with Crippen molar-refractivity contribution in [3.05, 3.63) is 60.3 Å². The van der Waals surface area contributed by atoms with Crippen LogP contribution < -0.4 is 9.80 Å². The zero-order valence-electron chi connectivity index (χ0n) is 15.2. The van der Waals surface area contributed by atoms with E-state index >= 15 is 0 Å². The predicted octanol–water partition coefficient (Wildman–Crippen LogP) is 2.76. The number of carbonyl (C=O) groups is 1. The van der Waals surface area contributed by atoms with Crippen LogP contribution in [0.25, 0.3) is 5.69 Å². The minimum Gasteiger partial charge on any atom is -0.354 e. The number of pyridine rings is 2. The van der Waals surface area contributed by atoms with Crippen LogP contribution in [0.4, 0.5) is 15.9 Å². The summed E-state index contributed by atoms with van der Waals surface area (Å²) in [4.78, 5) is 24.9. The van der Waals surface area contributed by atoms with Crippen molar-refractivity contribution in [3.63, 3.8) is 0 Å². The van der Waals surface area contributed by atoms with Crippen LogP contribution in [-0.2, 0) is 6.54 Å². The summed E-state index contributed by atoms with van der Waals surface area (Å²) in [7, 11) is 0. The van der Waals surface area contributed by atoms with Crippen LogP contribution in [0.2, 0.25) is 0 Å². The second-order valence-electron chi connectivity index (χ2n) is 7.10. The fraction of sp³-hybridized carbons (Fsp3) is 0.300. The predicted molar refractivity (Wildman–Crippen MR) is 102 cm³/mol. The maximum absolute atomic E-state index is 13.6. The number of amides is 1. The van der Waals surface area contributed by atoms with Gasteiger partial charge in [0, 0.05) is 18.9 Å². The van der Waals surface area contributed by atoms with E-state index in [0.717, 1.165) is 35.9 Å². The number of piperidine rings is 1. The van der Waals surface area contributed by atoms with E-state index in [1.54, 1.807) is 40.4 Å². The number of hydrogen-bond donors (Lipinski definition) is 0. The Bertz CT molecular complexity index is 1000. The molecule has 1 amide bonds. The molecule has 3 aromatic rings. The average molecular weight is 378 g/mol. The summed E-state index contributed by atoms with van der Waals surface area (Å²) in [5, 5.41) is 4.56. The van der Waals surface area contributed by atoms with Gasteiger partial charge in [0.1, 0.15) is 12.0 Å². The molecule has 1 atom stereocenters. The minimum absolute atomic E-state index is 0.0823. The number of alkyl halides is 1. The number of anilines is 2. The minimum atomic E-state index is -0.793. The first-order chi connectivity index (χ1) is 13.7. The van der Waals surface area contributed by atoms with Crippen molar-refractivity contribution >= 4 is 17.4 Å². The van der Waals surface area contributed by atoms with Crippen molar-refractivity contribution in [2.45, 2.75) is 25.6 Å². The van der Waals surface area contributed by atoms with Crippen LogP contribution in [0, 0.1) is 0 Å². The van der Waals surface area contributed by atoms with Gasteiger partial charge in [-0.05, 0) is 37.1 Å². The smallest absolute Gasteiger partial charge is 0.262 e. The van der Waals surface area contributed by atoms with Crippen molar-refractivity contribution in [2.24, 2.45) is 0 Å². The van der Waals surface area contributed by atoms with Gasteiger partial charge in [-0.2, -0.15) is 5.10 Å². The SMILES string of the molecule is O=C1c2cn(-c3ccc(N4CCC[C@@H](F)C4)nc3)nc2CN1c1cccnc1. The molecule has 0 unspecified atom stereocenters. The first kappa shape index (κ1) is 16.9. The Morgan fingerprint density at radius 1 is 1.14 bits per heavy atom. The summed E-state index contributed by atoms with van der Waals surface area (Å²) in [6.07, 6.45) is 7.47. The number of fused-ring (bicyclic) bond motifs is 1. The Morgan fingerprint density at radius 2 is 2.07 bits per heavy atom. The van der Waals surface area contributed by atoms with E-state index in [2.05, 4.69) is 15.1 Å². The van der Waals surface area contributed by atoms with Gasteiger partial charge in [0.05, 0.1) is 48.1 Å². The van der Waals surface area contributed by atoms with Crippen molar-refractivity contribution in [1.82, 2.24) is 19.7 Å². The molecular formula is C20H19FN6O. The number of halogens is 1. The molecule has 0 radical (unpaired) electrons. The van der Waals surface area contributed by atoms with Crippen molar-refractivity contribution in [1.29, 1.82) is 0 Å². The average Bonchev–Trinajstić information content (AvgIpc) is 3.28. The summed E-state index contributed by atoms with van der Waals surface area (Å²) in [6, 6.07) is 7.44. The first-order valence-corrected chi connectivity index (χ1v) is 9.35. The Balaban J connectivity index is 1.35. The lowest BCUT2D eigenvalue weighted by Gasteiger charge is -2.29. The van der Waals surface area contributed by atoms with Crippen molar-refractivity contribution < 1.29 is 9.18 Å². The Kier molecular flexibility index (Phi) is 4.03. The highest BCUT2D eigenvalue weighted by atomic mass is 19.1. The van der Waals surface area contributed by atoms with Gasteiger partial charge in [-0.15, -0.1) is 0 Å². The molecule has 3 aromatic heterocycles. The third kappa shape index (κ3) is 2.90. The number of hydrogen-bond acceptors (Lipinski definition) is 5. The third-order valence-corrected chi connectivity index (χ3v) is 5.22. The maximum atomic E-state index is 13.6. The lowest BCUT2D eigenvalue weighted by molar-refractivity contribution is 0.0996. The normalized spacial score (nSPS) is 19.2. The third-order valence-electron chi connectivity index (χ3n) is 5.22. The highest BCUT2D eigenvalue weighted by Gasteiger charge is 2.32. The largest absolute Gasteiger partial charge is 0.354 e. The van der Waals surface area contributed by atoms with E-state index in [1.165, 1.54) is 0 Å². The van der Waals surface area contributed by atoms with E-state index in [4.69, 9.17) is 0 Å². The second-order valence-corrected chi connectivity index (χ2v) is 7.10. The molecule has 0 bridgehead atoms. The molecule has 28 heavy (non-hydrogen) atoms. The molecule has 0 N–H and O–H groups in total. The molecule has 142 valence electrons. The highest BCUT2D eigenvalue weighted by molar-refractivity contribution is 6.09. The van der Waals surface area contributed by atoms with E-state index < -0.39 is 6.17 Å². The molecule has 8 heteroatoms. The number of aromatic nitrogens is 4. The van der Waals surface area contributed by atoms with Crippen LogP contribution >= 0.6 is 0 Å². The number of nitrogens with zero attached hydrogens (tertiary/aromatic N) is 6. The second kappa shape index (κ2) is 6.70. The molecule has 0 aromatic carbocycles. The van der Waals surface area contributed by atoms with Gasteiger partial charge in [-0.3, -0.25) is 9.78 Å². The van der Waals surface area contributed by atoms with Gasteiger partial charge in [0.15, 0.2) is 0 Å². The standard InChI is InChI=1S/C20H19FN6O/c21-14-3-2-8-25(11-14)19-6-5-16(10-23-19)27-12-17-18(24-27)13-26(20(17)28)15-4-1-7-22-9-15/h1,4-7,9-10,12,14H,2-3,8,11,13H2/t14-/m1/s1. The lowest BCUT2D eigenvalue weighted by Crippen LogP contribution is -2.36. The van der Waals surface area contributed by atoms with Gasteiger partial charge >= 0.3 is 0 Å². The fourth-order valence-corrected chi connectivity index (χ4v) is 3.76. The zero-order valence-corrected chi connectivity index (χ0v) is 15.2. The molecule has 5 rings (SSSR count). The molecule has 0 aliphatic carbocycles. The van der Waals surface area contributed by atoms with E-state index in [0.29, 0.717) is 25.1 Å². The first-order valence-electron chi connectivity index (χ1n) is 9.35. The summed E-state index contributed by atoms with van der Waals surface area (Å²) in [6.45, 7) is 1.63. The molecule has 2 aliphatic heterocycles. The monoisotopic (exact) mass is 378 g/mol. The van der Waals surface area contributed by atoms with Gasteiger partial charge in [0.2, 0.25) is 0 Å². The molecule has 7 nitrogen and oxygen atoms in total. The summed E-state index contributed by atoms with van der Waals surface area (Å²) in [5.74, 6) is 0.686. The van der Waals surface area contributed by atoms with Gasteiger partial charge < -0.3 is 9.80 Å². The Morgan fingerprint density at radius 3 is 2.79 bits per heavy atom. The van der Waals surface area contributed by atoms with Gasteiger partial charge in [0.25, 0.3) is 5.91 Å². The number of rotatable bonds is 3. The van der Waals surface area contributed by atoms with Crippen LogP contribution in [0.1, 0.15) is 28.9 Å². The van der Waals surface area contributed by atoms with Crippen molar-refractivity contribution in [3.8, 4) is 5.69 Å². The maximum Gasteiger partial charge on any atom is 0.262 e. The van der Waals surface area contributed by atoms with Crippen LogP contribution in [-0.4, -0.2) is 44.9 Å². The highest BCUT2D eigenvalue weighted by Crippen LogP contribution is 2.28. The molecule has 5 heterocycles. The zero-order chi connectivity index (χ0) is 19.1. The van der Waals surface area contributed by atoms with Crippen LogP contribution in [0.15, 0.2) is 49.1 Å². The quantitative estimate of drug-likeness (QED) is 0.701. The van der Waals surface area contributed by atoms with Gasteiger partial charge in [-0.1, -0.05) is 0 Å². The molecular weight excluding hydrogens is 359 g/mol. The molecule has 1 fully saturated rings. The molecule has 2 aliphatic rings. The summed E-state index contributed by atoms with van der Waals surface area (Å²) >= 11 is 0.